The standard InChI is InChI=1S/C13H20N2OS/c1-9-5-10(2)15-13(6-9)17-8-12(14)11-3-4-16-7-11/h5-6,11-12H,3-4,7-8,14H2,1-2H3. The number of nitrogens with two attached hydrogens (primary N) is 1. The molecule has 2 unspecified atom stereocenters. The van der Waals surface area contributed by atoms with Crippen LogP contribution in [-0.2, 0) is 4.74 Å². The van der Waals surface area contributed by atoms with E-state index >= 15 is 0 Å². The van der Waals surface area contributed by atoms with Crippen molar-refractivity contribution < 1.29 is 4.74 Å². The number of ether oxygens (including phenoxy) is 1. The van der Waals surface area contributed by atoms with Crippen molar-refractivity contribution in [1.29, 1.82) is 0 Å². The number of hydrogen-bond donors (Lipinski definition) is 1. The molecule has 2 atom stereocenters. The minimum Gasteiger partial charge on any atom is -0.381 e. The maximum atomic E-state index is 6.17. The number of nitrogens with zero attached hydrogens (tertiary/aromatic N) is 1. The molecule has 2 heterocycles. The summed E-state index contributed by atoms with van der Waals surface area (Å²) in [5.74, 6) is 1.44. The molecule has 94 valence electrons. The van der Waals surface area contributed by atoms with Gasteiger partial charge in [0.1, 0.15) is 0 Å². The van der Waals surface area contributed by atoms with Crippen LogP contribution in [0.2, 0.25) is 0 Å². The molecular weight excluding hydrogens is 232 g/mol. The van der Waals surface area contributed by atoms with Gasteiger partial charge in [0.15, 0.2) is 0 Å². The lowest BCUT2D eigenvalue weighted by atomic mass is 10.0. The number of rotatable bonds is 4. The van der Waals surface area contributed by atoms with Crippen molar-refractivity contribution in [2.75, 3.05) is 19.0 Å². The molecule has 0 radical (unpaired) electrons. The van der Waals surface area contributed by atoms with Gasteiger partial charge in [-0.3, -0.25) is 0 Å². The van der Waals surface area contributed by atoms with Crippen LogP contribution in [0.15, 0.2) is 17.2 Å². The Hall–Kier alpha value is -0.580. The molecule has 1 saturated heterocycles. The molecule has 0 saturated carbocycles. The van der Waals surface area contributed by atoms with Crippen molar-refractivity contribution in [2.45, 2.75) is 31.3 Å². The van der Waals surface area contributed by atoms with Crippen molar-refractivity contribution in [3.8, 4) is 0 Å². The highest BCUT2D eigenvalue weighted by Crippen LogP contribution is 2.23. The summed E-state index contributed by atoms with van der Waals surface area (Å²) in [6.45, 7) is 5.82. The van der Waals surface area contributed by atoms with E-state index in [0.29, 0.717) is 5.92 Å². The Bertz CT molecular complexity index is 357. The molecule has 0 aliphatic carbocycles. The first kappa shape index (κ1) is 12.9. The highest BCUT2D eigenvalue weighted by molar-refractivity contribution is 7.99. The van der Waals surface area contributed by atoms with Crippen LogP contribution in [-0.4, -0.2) is 30.0 Å². The molecule has 1 aromatic rings. The van der Waals surface area contributed by atoms with Gasteiger partial charge in [0.2, 0.25) is 0 Å². The van der Waals surface area contributed by atoms with Crippen LogP contribution < -0.4 is 5.73 Å². The van der Waals surface area contributed by atoms with Crippen molar-refractivity contribution in [1.82, 2.24) is 4.98 Å². The summed E-state index contributed by atoms with van der Waals surface area (Å²) in [6.07, 6.45) is 1.10. The largest absolute Gasteiger partial charge is 0.381 e. The zero-order valence-electron chi connectivity index (χ0n) is 10.5. The van der Waals surface area contributed by atoms with Gasteiger partial charge in [-0.1, -0.05) is 0 Å². The molecule has 1 aliphatic heterocycles. The van der Waals surface area contributed by atoms with E-state index in [1.54, 1.807) is 11.8 Å². The highest BCUT2D eigenvalue weighted by atomic mass is 32.2. The normalized spacial score (nSPS) is 21.7. The minimum atomic E-state index is 0.213. The van der Waals surface area contributed by atoms with E-state index < -0.39 is 0 Å². The first-order valence-electron chi connectivity index (χ1n) is 6.06. The fourth-order valence-corrected chi connectivity index (χ4v) is 3.20. The molecule has 2 rings (SSSR count). The monoisotopic (exact) mass is 252 g/mol. The fraction of sp³-hybridized carbons (Fsp3) is 0.615. The molecule has 1 aromatic heterocycles. The first-order valence-corrected chi connectivity index (χ1v) is 7.05. The molecule has 17 heavy (non-hydrogen) atoms. The molecule has 0 aromatic carbocycles. The lowest BCUT2D eigenvalue weighted by Crippen LogP contribution is -2.32. The molecule has 0 bridgehead atoms. The van der Waals surface area contributed by atoms with E-state index in [1.165, 1.54) is 5.56 Å². The summed E-state index contributed by atoms with van der Waals surface area (Å²) in [6, 6.07) is 4.43. The van der Waals surface area contributed by atoms with Gasteiger partial charge in [0.25, 0.3) is 0 Å². The smallest absolute Gasteiger partial charge is 0.0966 e. The Labute approximate surface area is 107 Å². The van der Waals surface area contributed by atoms with Crippen LogP contribution in [0, 0.1) is 19.8 Å². The summed E-state index contributed by atoms with van der Waals surface area (Å²) < 4.78 is 5.36. The quantitative estimate of drug-likeness (QED) is 0.834. The van der Waals surface area contributed by atoms with E-state index in [4.69, 9.17) is 10.5 Å². The Morgan fingerprint density at radius 3 is 3.00 bits per heavy atom. The van der Waals surface area contributed by atoms with Gasteiger partial charge in [-0.2, -0.15) is 0 Å². The fourth-order valence-electron chi connectivity index (χ4n) is 2.09. The van der Waals surface area contributed by atoms with Crippen LogP contribution in [0.1, 0.15) is 17.7 Å². The van der Waals surface area contributed by atoms with Crippen LogP contribution in [0.5, 0.6) is 0 Å². The molecule has 4 heteroatoms. The zero-order chi connectivity index (χ0) is 12.3. The van der Waals surface area contributed by atoms with Crippen LogP contribution in [0.4, 0.5) is 0 Å². The van der Waals surface area contributed by atoms with Crippen molar-refractivity contribution in [3.63, 3.8) is 0 Å². The number of aryl methyl sites for hydroxylation is 2. The SMILES string of the molecule is Cc1cc(C)nc(SCC(N)C2CCOC2)c1. The predicted molar refractivity (Wildman–Crippen MR) is 71.3 cm³/mol. The third kappa shape index (κ3) is 3.69. The molecule has 2 N–H and O–H groups in total. The maximum Gasteiger partial charge on any atom is 0.0966 e. The van der Waals surface area contributed by atoms with E-state index in [0.717, 1.165) is 36.1 Å². The molecule has 3 nitrogen and oxygen atoms in total. The summed E-state index contributed by atoms with van der Waals surface area (Å²) in [7, 11) is 0. The summed E-state index contributed by atoms with van der Waals surface area (Å²) >= 11 is 1.75. The van der Waals surface area contributed by atoms with Crippen molar-refractivity contribution >= 4 is 11.8 Å². The van der Waals surface area contributed by atoms with E-state index in [9.17, 15) is 0 Å². The van der Waals surface area contributed by atoms with Gasteiger partial charge in [-0.15, -0.1) is 11.8 Å². The second-order valence-corrected chi connectivity index (χ2v) is 5.76. The average Bonchev–Trinajstić information content (AvgIpc) is 2.78. The van der Waals surface area contributed by atoms with Gasteiger partial charge in [-0.25, -0.2) is 4.98 Å². The minimum absolute atomic E-state index is 0.213. The number of thioether (sulfide) groups is 1. The molecule has 1 fully saturated rings. The Balaban J connectivity index is 1.88. The van der Waals surface area contributed by atoms with E-state index in [1.807, 2.05) is 6.92 Å². The van der Waals surface area contributed by atoms with Crippen molar-refractivity contribution in [3.05, 3.63) is 23.4 Å². The molecule has 0 amide bonds. The molecular formula is C13H20N2OS. The topological polar surface area (TPSA) is 48.1 Å². The van der Waals surface area contributed by atoms with E-state index in [2.05, 4.69) is 24.0 Å². The lowest BCUT2D eigenvalue weighted by Gasteiger charge is -2.16. The van der Waals surface area contributed by atoms with Gasteiger partial charge < -0.3 is 10.5 Å². The van der Waals surface area contributed by atoms with Gasteiger partial charge in [0.05, 0.1) is 11.6 Å². The van der Waals surface area contributed by atoms with Gasteiger partial charge in [-0.05, 0) is 38.0 Å². The number of hydrogen-bond acceptors (Lipinski definition) is 4. The molecule has 0 spiro atoms. The molecule has 1 aliphatic rings. The summed E-state index contributed by atoms with van der Waals surface area (Å²) in [5, 5.41) is 1.08. The Morgan fingerprint density at radius 1 is 1.53 bits per heavy atom. The second kappa shape index (κ2) is 5.85. The second-order valence-electron chi connectivity index (χ2n) is 4.72. The average molecular weight is 252 g/mol. The van der Waals surface area contributed by atoms with Crippen LogP contribution >= 0.6 is 11.8 Å². The van der Waals surface area contributed by atoms with Crippen LogP contribution in [0.3, 0.4) is 0 Å². The Kier molecular flexibility index (Phi) is 4.42. The maximum absolute atomic E-state index is 6.17. The van der Waals surface area contributed by atoms with E-state index in [-0.39, 0.29) is 6.04 Å². The predicted octanol–water partition coefficient (Wildman–Crippen LogP) is 2.15. The van der Waals surface area contributed by atoms with Gasteiger partial charge >= 0.3 is 0 Å². The zero-order valence-corrected chi connectivity index (χ0v) is 11.3. The number of pyridine rings is 1. The van der Waals surface area contributed by atoms with Crippen molar-refractivity contribution in [2.24, 2.45) is 11.7 Å². The summed E-state index contributed by atoms with van der Waals surface area (Å²) in [5.41, 5.74) is 8.51. The Morgan fingerprint density at radius 2 is 2.35 bits per heavy atom. The third-order valence-corrected chi connectivity index (χ3v) is 4.12. The van der Waals surface area contributed by atoms with Crippen LogP contribution in [0.25, 0.3) is 0 Å². The summed E-state index contributed by atoms with van der Waals surface area (Å²) in [4.78, 5) is 4.51. The third-order valence-electron chi connectivity index (χ3n) is 3.07. The number of aromatic nitrogens is 1. The van der Waals surface area contributed by atoms with Gasteiger partial charge in [0, 0.05) is 30.0 Å². The first-order chi connectivity index (χ1) is 8.15. The highest BCUT2D eigenvalue weighted by Gasteiger charge is 2.22. The lowest BCUT2D eigenvalue weighted by molar-refractivity contribution is 0.182.